The van der Waals surface area contributed by atoms with Gasteiger partial charge in [0.15, 0.2) is 0 Å². The van der Waals surface area contributed by atoms with Crippen LogP contribution in [0, 0.1) is 0 Å². The Kier molecular flexibility index (Phi) is 5.30. The highest BCUT2D eigenvalue weighted by Gasteiger charge is 2.12. The van der Waals surface area contributed by atoms with Crippen LogP contribution in [0.2, 0.25) is 0 Å². The summed E-state index contributed by atoms with van der Waals surface area (Å²) in [6.45, 7) is 0.904. The van der Waals surface area contributed by atoms with Crippen molar-refractivity contribution in [2.75, 3.05) is 6.54 Å². The Morgan fingerprint density at radius 2 is 1.82 bits per heavy atom. The molecular weight excluding hydrogens is 306 g/mol. The Hall–Kier alpha value is -1.58. The van der Waals surface area contributed by atoms with E-state index < -0.39 is 0 Å². The van der Waals surface area contributed by atoms with E-state index >= 15 is 0 Å². The second-order valence-corrected chi connectivity index (χ2v) is 6.98. The summed E-state index contributed by atoms with van der Waals surface area (Å²) in [5, 5.41) is 3.36. The molecule has 1 aliphatic carbocycles. The second kappa shape index (κ2) is 7.61. The summed E-state index contributed by atoms with van der Waals surface area (Å²) in [6, 6.07) is 19.1. The van der Waals surface area contributed by atoms with E-state index in [9.17, 15) is 0 Å². The maximum absolute atomic E-state index is 5.40. The number of hydrogen-bond acceptors (Lipinski definition) is 2. The van der Waals surface area contributed by atoms with Gasteiger partial charge in [-0.05, 0) is 35.1 Å². The van der Waals surface area contributed by atoms with E-state index in [4.69, 9.17) is 12.2 Å². The van der Waals surface area contributed by atoms with E-state index in [0.717, 1.165) is 29.5 Å². The number of benzene rings is 2. The number of rotatable bonds is 5. The molecule has 2 aromatic carbocycles. The standard InChI is InChI=1S/C19H19NS2/c21-19(22-14-15-6-2-1-3-7-15)20-13-12-17-11-10-16-8-4-5-9-18(16)17/h1-9,11H,10,12-14H2,(H,20,21). The van der Waals surface area contributed by atoms with E-state index in [2.05, 4.69) is 59.9 Å². The van der Waals surface area contributed by atoms with Gasteiger partial charge in [-0.3, -0.25) is 0 Å². The van der Waals surface area contributed by atoms with Gasteiger partial charge in [0.05, 0.1) is 0 Å². The molecule has 1 aliphatic rings. The van der Waals surface area contributed by atoms with Crippen molar-refractivity contribution in [2.24, 2.45) is 0 Å². The molecule has 0 spiro atoms. The van der Waals surface area contributed by atoms with Gasteiger partial charge in [0.2, 0.25) is 0 Å². The number of thiocarbonyl (C=S) groups is 1. The maximum Gasteiger partial charge on any atom is 0.134 e. The third-order valence-electron chi connectivity index (χ3n) is 3.81. The van der Waals surface area contributed by atoms with Crippen molar-refractivity contribution in [3.63, 3.8) is 0 Å². The van der Waals surface area contributed by atoms with E-state index in [1.165, 1.54) is 22.3 Å². The van der Waals surface area contributed by atoms with Crippen LogP contribution in [0.25, 0.3) is 5.57 Å². The number of nitrogens with one attached hydrogen (secondary N) is 1. The first-order chi connectivity index (χ1) is 10.8. The molecule has 0 fully saturated rings. The average molecular weight is 326 g/mol. The summed E-state index contributed by atoms with van der Waals surface area (Å²) in [5.74, 6) is 0.929. The van der Waals surface area contributed by atoms with E-state index in [1.54, 1.807) is 11.8 Å². The molecule has 0 bridgehead atoms. The summed E-state index contributed by atoms with van der Waals surface area (Å²) in [6.07, 6.45) is 4.44. The van der Waals surface area contributed by atoms with Crippen LogP contribution < -0.4 is 5.32 Å². The van der Waals surface area contributed by atoms with Gasteiger partial charge in [-0.15, -0.1) is 0 Å². The van der Waals surface area contributed by atoms with Crippen molar-refractivity contribution in [1.82, 2.24) is 5.32 Å². The topological polar surface area (TPSA) is 12.0 Å². The van der Waals surface area contributed by atoms with Gasteiger partial charge in [-0.25, -0.2) is 0 Å². The van der Waals surface area contributed by atoms with Crippen LogP contribution in [0.4, 0.5) is 0 Å². The zero-order valence-electron chi connectivity index (χ0n) is 12.4. The predicted octanol–water partition coefficient (Wildman–Crippen LogP) is 4.82. The van der Waals surface area contributed by atoms with Crippen LogP contribution in [0.15, 0.2) is 60.7 Å². The molecule has 0 atom stereocenters. The smallest absolute Gasteiger partial charge is 0.134 e. The SMILES string of the molecule is S=C(NCCC1=CCc2ccccc21)SCc1ccccc1. The molecule has 0 heterocycles. The monoisotopic (exact) mass is 325 g/mol. The van der Waals surface area contributed by atoms with Gasteiger partial charge in [0.1, 0.15) is 4.32 Å². The minimum absolute atomic E-state index is 0.885. The Bertz CT molecular complexity index is 677. The molecule has 2 aromatic rings. The third kappa shape index (κ3) is 3.99. The van der Waals surface area contributed by atoms with E-state index in [-0.39, 0.29) is 0 Å². The lowest BCUT2D eigenvalue weighted by Gasteiger charge is -2.09. The molecule has 3 rings (SSSR count). The van der Waals surface area contributed by atoms with Gasteiger partial charge in [0, 0.05) is 12.3 Å². The summed E-state index contributed by atoms with van der Waals surface area (Å²) in [4.78, 5) is 0. The van der Waals surface area contributed by atoms with E-state index in [0.29, 0.717) is 0 Å². The number of fused-ring (bicyclic) bond motifs is 1. The lowest BCUT2D eigenvalue weighted by molar-refractivity contribution is 0.920. The molecule has 22 heavy (non-hydrogen) atoms. The highest BCUT2D eigenvalue weighted by Crippen LogP contribution is 2.29. The van der Waals surface area contributed by atoms with Gasteiger partial charge < -0.3 is 5.32 Å². The number of allylic oxidation sites excluding steroid dienone is 1. The van der Waals surface area contributed by atoms with Crippen LogP contribution in [0.3, 0.4) is 0 Å². The fourth-order valence-corrected chi connectivity index (χ4v) is 3.64. The Labute approximate surface area is 141 Å². The van der Waals surface area contributed by atoms with Crippen LogP contribution >= 0.6 is 24.0 Å². The molecule has 0 radical (unpaired) electrons. The molecule has 112 valence electrons. The zero-order valence-corrected chi connectivity index (χ0v) is 14.1. The lowest BCUT2D eigenvalue weighted by atomic mass is 10.0. The summed E-state index contributed by atoms with van der Waals surface area (Å²) >= 11 is 7.10. The highest BCUT2D eigenvalue weighted by atomic mass is 32.2. The predicted molar refractivity (Wildman–Crippen MR) is 101 cm³/mol. The first-order valence-corrected chi connectivity index (χ1v) is 8.94. The van der Waals surface area contributed by atoms with Crippen molar-refractivity contribution >= 4 is 33.9 Å². The molecule has 1 nitrogen and oxygen atoms in total. The Morgan fingerprint density at radius 1 is 1.05 bits per heavy atom. The third-order valence-corrected chi connectivity index (χ3v) is 5.19. The first kappa shape index (κ1) is 15.3. The van der Waals surface area contributed by atoms with Crippen molar-refractivity contribution in [3.8, 4) is 0 Å². The second-order valence-electron chi connectivity index (χ2n) is 5.33. The molecule has 0 aliphatic heterocycles. The normalized spacial score (nSPS) is 12.6. The van der Waals surface area contributed by atoms with Crippen LogP contribution in [0.1, 0.15) is 23.1 Å². The van der Waals surface area contributed by atoms with E-state index in [1.807, 2.05) is 6.07 Å². The molecule has 0 saturated heterocycles. The number of hydrogen-bond donors (Lipinski definition) is 1. The lowest BCUT2D eigenvalue weighted by Crippen LogP contribution is -2.19. The minimum Gasteiger partial charge on any atom is -0.371 e. The average Bonchev–Trinajstić information content (AvgIpc) is 2.97. The Balaban J connectivity index is 1.41. The van der Waals surface area contributed by atoms with Crippen molar-refractivity contribution in [1.29, 1.82) is 0 Å². The van der Waals surface area contributed by atoms with Gasteiger partial charge >= 0.3 is 0 Å². The van der Waals surface area contributed by atoms with Gasteiger partial charge in [0.25, 0.3) is 0 Å². The highest BCUT2D eigenvalue weighted by molar-refractivity contribution is 8.22. The molecule has 1 N–H and O–H groups in total. The number of thioether (sulfide) groups is 1. The van der Waals surface area contributed by atoms with Crippen molar-refractivity contribution in [3.05, 3.63) is 77.4 Å². The summed E-state index contributed by atoms with van der Waals surface area (Å²) < 4.78 is 0.885. The maximum atomic E-state index is 5.40. The summed E-state index contributed by atoms with van der Waals surface area (Å²) in [5.41, 5.74) is 5.61. The van der Waals surface area contributed by atoms with Crippen LogP contribution in [-0.4, -0.2) is 10.9 Å². The van der Waals surface area contributed by atoms with Crippen molar-refractivity contribution < 1.29 is 0 Å². The van der Waals surface area contributed by atoms with Crippen LogP contribution in [0.5, 0.6) is 0 Å². The van der Waals surface area contributed by atoms with Gasteiger partial charge in [-0.1, -0.05) is 84.7 Å². The van der Waals surface area contributed by atoms with Crippen LogP contribution in [-0.2, 0) is 12.2 Å². The molecular formula is C19H19NS2. The molecule has 0 saturated carbocycles. The molecule has 0 aromatic heterocycles. The summed E-state index contributed by atoms with van der Waals surface area (Å²) in [7, 11) is 0. The van der Waals surface area contributed by atoms with Gasteiger partial charge in [-0.2, -0.15) is 0 Å². The molecule has 0 amide bonds. The minimum atomic E-state index is 0.885. The quantitative estimate of drug-likeness (QED) is 0.791. The Morgan fingerprint density at radius 3 is 2.68 bits per heavy atom. The largest absolute Gasteiger partial charge is 0.371 e. The zero-order chi connectivity index (χ0) is 15.2. The molecule has 0 unspecified atom stereocenters. The fourth-order valence-electron chi connectivity index (χ4n) is 2.66. The fraction of sp³-hybridized carbons (Fsp3) is 0.211. The molecule has 3 heteroatoms. The van der Waals surface area contributed by atoms with Crippen molar-refractivity contribution in [2.45, 2.75) is 18.6 Å². The first-order valence-electron chi connectivity index (χ1n) is 7.55.